The van der Waals surface area contributed by atoms with Crippen LogP contribution in [0.2, 0.25) is 0 Å². The lowest BCUT2D eigenvalue weighted by atomic mass is 9.79. The molecular formula is C46H33N3. The molecule has 0 unspecified atom stereocenters. The highest BCUT2D eigenvalue weighted by Crippen LogP contribution is 2.54. The summed E-state index contributed by atoms with van der Waals surface area (Å²) in [6, 6.07) is 57.7. The molecule has 0 bridgehead atoms. The molecule has 232 valence electrons. The van der Waals surface area contributed by atoms with Gasteiger partial charge in [0.15, 0.2) is 17.5 Å². The molecular weight excluding hydrogens is 595 g/mol. The maximum atomic E-state index is 5.30. The molecule has 0 amide bonds. The van der Waals surface area contributed by atoms with Crippen molar-refractivity contribution >= 4 is 10.8 Å². The lowest BCUT2D eigenvalue weighted by molar-refractivity contribution is 0.666. The summed E-state index contributed by atoms with van der Waals surface area (Å²) in [4.78, 5) is 15.6. The average molecular weight is 628 g/mol. The van der Waals surface area contributed by atoms with Gasteiger partial charge in [-0.25, -0.2) is 15.0 Å². The zero-order valence-electron chi connectivity index (χ0n) is 27.4. The van der Waals surface area contributed by atoms with Gasteiger partial charge >= 0.3 is 0 Å². The fraction of sp³-hybridized carbons (Fsp3) is 0.0652. The molecule has 0 radical (unpaired) electrons. The predicted molar refractivity (Wildman–Crippen MR) is 202 cm³/mol. The molecule has 49 heavy (non-hydrogen) atoms. The topological polar surface area (TPSA) is 38.7 Å². The Morgan fingerprint density at radius 2 is 0.918 bits per heavy atom. The van der Waals surface area contributed by atoms with E-state index in [1.807, 2.05) is 24.3 Å². The smallest absolute Gasteiger partial charge is 0.164 e. The van der Waals surface area contributed by atoms with E-state index in [9.17, 15) is 0 Å². The molecule has 0 fully saturated rings. The summed E-state index contributed by atoms with van der Waals surface area (Å²) in [6.07, 6.45) is 0. The Kier molecular flexibility index (Phi) is 6.80. The van der Waals surface area contributed by atoms with Crippen LogP contribution in [-0.2, 0) is 5.41 Å². The van der Waals surface area contributed by atoms with Crippen molar-refractivity contribution in [3.05, 3.63) is 175 Å². The Morgan fingerprint density at radius 3 is 1.61 bits per heavy atom. The number of hydrogen-bond donors (Lipinski definition) is 0. The van der Waals surface area contributed by atoms with Gasteiger partial charge in [0.2, 0.25) is 0 Å². The normalized spacial score (nSPS) is 12.9. The maximum absolute atomic E-state index is 5.30. The molecule has 0 atom stereocenters. The highest BCUT2D eigenvalue weighted by atomic mass is 15.0. The molecule has 1 aliphatic carbocycles. The van der Waals surface area contributed by atoms with Crippen LogP contribution in [0.3, 0.4) is 0 Å². The van der Waals surface area contributed by atoms with E-state index in [2.05, 4.69) is 153 Å². The van der Waals surface area contributed by atoms with E-state index in [1.54, 1.807) is 0 Å². The van der Waals surface area contributed by atoms with Crippen LogP contribution in [0, 0.1) is 0 Å². The van der Waals surface area contributed by atoms with Crippen molar-refractivity contribution in [1.82, 2.24) is 15.0 Å². The number of rotatable bonds is 5. The van der Waals surface area contributed by atoms with Gasteiger partial charge in [0.25, 0.3) is 0 Å². The third kappa shape index (κ3) is 4.94. The molecule has 3 nitrogen and oxygen atoms in total. The Labute approximate surface area is 286 Å². The van der Waals surface area contributed by atoms with Crippen molar-refractivity contribution in [3.63, 3.8) is 0 Å². The third-order valence-electron chi connectivity index (χ3n) is 9.88. The van der Waals surface area contributed by atoms with Crippen LogP contribution in [0.15, 0.2) is 164 Å². The first kappa shape index (κ1) is 29.0. The monoisotopic (exact) mass is 627 g/mol. The van der Waals surface area contributed by atoms with Gasteiger partial charge in [-0.05, 0) is 73.5 Å². The molecule has 0 aliphatic heterocycles. The molecule has 1 aromatic heterocycles. The van der Waals surface area contributed by atoms with Gasteiger partial charge in [0, 0.05) is 22.1 Å². The second kappa shape index (κ2) is 11.5. The number of hydrogen-bond acceptors (Lipinski definition) is 3. The van der Waals surface area contributed by atoms with Gasteiger partial charge in [0.05, 0.1) is 0 Å². The van der Waals surface area contributed by atoms with E-state index in [0.29, 0.717) is 17.5 Å². The van der Waals surface area contributed by atoms with E-state index >= 15 is 0 Å². The Morgan fingerprint density at radius 1 is 0.388 bits per heavy atom. The van der Waals surface area contributed by atoms with Crippen LogP contribution in [-0.4, -0.2) is 15.0 Å². The van der Waals surface area contributed by atoms with Crippen molar-refractivity contribution in [3.8, 4) is 67.5 Å². The molecule has 0 saturated heterocycles. The molecule has 1 heterocycles. The van der Waals surface area contributed by atoms with Gasteiger partial charge in [-0.1, -0.05) is 159 Å². The van der Waals surface area contributed by atoms with Crippen molar-refractivity contribution in [2.45, 2.75) is 19.3 Å². The minimum absolute atomic E-state index is 0.212. The van der Waals surface area contributed by atoms with Crippen molar-refractivity contribution in [2.24, 2.45) is 0 Å². The molecule has 0 saturated carbocycles. The van der Waals surface area contributed by atoms with Gasteiger partial charge in [-0.3, -0.25) is 0 Å². The van der Waals surface area contributed by atoms with E-state index < -0.39 is 0 Å². The second-order valence-electron chi connectivity index (χ2n) is 13.3. The highest BCUT2D eigenvalue weighted by molar-refractivity contribution is 6.05. The Balaban J connectivity index is 1.33. The van der Waals surface area contributed by atoms with E-state index in [-0.39, 0.29) is 5.41 Å². The number of aromatic nitrogens is 3. The third-order valence-corrected chi connectivity index (χ3v) is 9.88. The summed E-state index contributed by atoms with van der Waals surface area (Å²) in [5, 5.41) is 2.43. The SMILES string of the molecule is CC1(C)c2ccccc2-c2c(-c3nc(-c4ccccc4)nc(-c4cccc(-c5ccccc5)c4)n3)cc3cc(-c4ccccc4)ccc3c21. The van der Waals surface area contributed by atoms with Gasteiger partial charge in [-0.2, -0.15) is 0 Å². The second-order valence-corrected chi connectivity index (χ2v) is 13.3. The zero-order valence-corrected chi connectivity index (χ0v) is 27.4. The predicted octanol–water partition coefficient (Wildman–Crippen LogP) is 11.7. The van der Waals surface area contributed by atoms with Crippen LogP contribution in [0.1, 0.15) is 25.0 Å². The number of benzene rings is 7. The summed E-state index contributed by atoms with van der Waals surface area (Å²) in [6.45, 7) is 4.69. The summed E-state index contributed by atoms with van der Waals surface area (Å²) >= 11 is 0. The van der Waals surface area contributed by atoms with Crippen LogP contribution in [0.25, 0.3) is 78.3 Å². The number of fused-ring (bicyclic) bond motifs is 5. The lowest BCUT2D eigenvalue weighted by Crippen LogP contribution is -2.15. The van der Waals surface area contributed by atoms with Crippen LogP contribution in [0.5, 0.6) is 0 Å². The Hall–Kier alpha value is -6.19. The van der Waals surface area contributed by atoms with Gasteiger partial charge < -0.3 is 0 Å². The largest absolute Gasteiger partial charge is 0.208 e. The fourth-order valence-electron chi connectivity index (χ4n) is 7.51. The first-order valence-electron chi connectivity index (χ1n) is 16.8. The summed E-state index contributed by atoms with van der Waals surface area (Å²) in [7, 11) is 0. The first-order chi connectivity index (χ1) is 24.0. The van der Waals surface area contributed by atoms with Crippen molar-refractivity contribution in [2.75, 3.05) is 0 Å². The first-order valence-corrected chi connectivity index (χ1v) is 16.8. The van der Waals surface area contributed by atoms with Crippen molar-refractivity contribution in [1.29, 1.82) is 0 Å². The fourth-order valence-corrected chi connectivity index (χ4v) is 7.51. The minimum atomic E-state index is -0.212. The molecule has 7 aromatic carbocycles. The minimum Gasteiger partial charge on any atom is -0.208 e. The van der Waals surface area contributed by atoms with Crippen LogP contribution >= 0.6 is 0 Å². The summed E-state index contributed by atoms with van der Waals surface area (Å²) in [5.41, 5.74) is 12.4. The average Bonchev–Trinajstić information content (AvgIpc) is 3.42. The van der Waals surface area contributed by atoms with E-state index in [4.69, 9.17) is 15.0 Å². The van der Waals surface area contributed by atoms with Crippen LogP contribution in [0.4, 0.5) is 0 Å². The quantitative estimate of drug-likeness (QED) is 0.191. The van der Waals surface area contributed by atoms with Gasteiger partial charge in [-0.15, -0.1) is 0 Å². The molecule has 0 spiro atoms. The highest BCUT2D eigenvalue weighted by Gasteiger charge is 2.39. The van der Waals surface area contributed by atoms with E-state index in [0.717, 1.165) is 27.8 Å². The number of nitrogens with zero attached hydrogens (tertiary/aromatic N) is 3. The molecule has 0 N–H and O–H groups in total. The summed E-state index contributed by atoms with van der Waals surface area (Å²) in [5.74, 6) is 1.98. The lowest BCUT2D eigenvalue weighted by Gasteiger charge is -2.24. The standard InChI is InChI=1S/C46H33N3/c1-46(2)40-24-13-12-23-38(40)41-39(29-36-28-34(25-26-37(36)42(41)46)31-17-8-4-9-18-31)45-48-43(32-19-10-5-11-20-32)47-44(49-45)35-22-14-21-33(27-35)30-15-6-3-7-16-30/h3-29H,1-2H3. The zero-order chi connectivity index (χ0) is 33.0. The summed E-state index contributed by atoms with van der Waals surface area (Å²) < 4.78 is 0. The molecule has 9 rings (SSSR count). The van der Waals surface area contributed by atoms with Crippen LogP contribution < -0.4 is 0 Å². The molecule has 3 heteroatoms. The van der Waals surface area contributed by atoms with Crippen molar-refractivity contribution < 1.29 is 0 Å². The Bertz CT molecular complexity index is 2500. The molecule has 1 aliphatic rings. The molecule has 8 aromatic rings. The van der Waals surface area contributed by atoms with Gasteiger partial charge in [0.1, 0.15) is 0 Å². The van der Waals surface area contributed by atoms with E-state index in [1.165, 1.54) is 44.2 Å². The maximum Gasteiger partial charge on any atom is 0.164 e.